The van der Waals surface area contributed by atoms with Gasteiger partial charge in [0, 0.05) is 18.6 Å². The molecule has 0 radical (unpaired) electrons. The topological polar surface area (TPSA) is 32.7 Å². The van der Waals surface area contributed by atoms with Gasteiger partial charge >= 0.3 is 0 Å². The molecular weight excluding hydrogens is 214 g/mol. The van der Waals surface area contributed by atoms with E-state index in [-0.39, 0.29) is 11.6 Å². The van der Waals surface area contributed by atoms with Crippen LogP contribution in [-0.2, 0) is 4.74 Å². The zero-order valence-corrected chi connectivity index (χ0v) is 11.7. The number of rotatable bonds is 7. The minimum atomic E-state index is -0.211. The monoisotopic (exact) mass is 243 g/mol. The molecule has 3 nitrogen and oxygen atoms in total. The number of nitrogens with zero attached hydrogens (tertiary/aromatic N) is 1. The zero-order chi connectivity index (χ0) is 12.7. The third-order valence-corrected chi connectivity index (χ3v) is 4.25. The maximum Gasteiger partial charge on any atom is 0.0721 e. The van der Waals surface area contributed by atoms with Gasteiger partial charge in [-0.3, -0.25) is 4.90 Å². The largest absolute Gasteiger partial charge is 0.391 e. The molecule has 1 aliphatic rings. The molecule has 0 aromatic carbocycles. The summed E-state index contributed by atoms with van der Waals surface area (Å²) in [7, 11) is 0. The van der Waals surface area contributed by atoms with Crippen LogP contribution < -0.4 is 0 Å². The first kappa shape index (κ1) is 14.9. The molecule has 17 heavy (non-hydrogen) atoms. The van der Waals surface area contributed by atoms with Gasteiger partial charge in [-0.05, 0) is 19.8 Å². The van der Waals surface area contributed by atoms with Gasteiger partial charge in [0.1, 0.15) is 0 Å². The molecule has 0 aromatic heterocycles. The first-order chi connectivity index (χ1) is 8.15. The number of unbranched alkanes of at least 4 members (excludes halogenated alkanes) is 2. The lowest BCUT2D eigenvalue weighted by atomic mass is 9.86. The van der Waals surface area contributed by atoms with Gasteiger partial charge in [0.25, 0.3) is 0 Å². The highest BCUT2D eigenvalue weighted by atomic mass is 16.5. The molecule has 0 spiro atoms. The van der Waals surface area contributed by atoms with Crippen molar-refractivity contribution in [2.24, 2.45) is 0 Å². The van der Waals surface area contributed by atoms with Crippen molar-refractivity contribution in [2.45, 2.75) is 64.5 Å². The second kappa shape index (κ2) is 7.34. The Kier molecular flexibility index (Phi) is 6.45. The molecule has 0 aromatic rings. The SMILES string of the molecule is CCCCCC(O)C(C)(CC)N1CCOCC1. The number of morpholine rings is 1. The molecular formula is C14H29NO2. The van der Waals surface area contributed by atoms with Crippen LogP contribution in [-0.4, -0.2) is 48.0 Å². The summed E-state index contributed by atoms with van der Waals surface area (Å²) in [6.45, 7) is 10.1. The first-order valence-electron chi connectivity index (χ1n) is 7.16. The first-order valence-corrected chi connectivity index (χ1v) is 7.16. The van der Waals surface area contributed by atoms with Crippen LogP contribution in [0.15, 0.2) is 0 Å². The Hall–Kier alpha value is -0.120. The normalized spacial score (nSPS) is 23.3. The average molecular weight is 243 g/mol. The van der Waals surface area contributed by atoms with Crippen molar-refractivity contribution in [3.8, 4) is 0 Å². The van der Waals surface area contributed by atoms with Gasteiger partial charge in [-0.15, -0.1) is 0 Å². The highest BCUT2D eigenvalue weighted by Crippen LogP contribution is 2.27. The van der Waals surface area contributed by atoms with Gasteiger partial charge < -0.3 is 9.84 Å². The number of aliphatic hydroxyl groups is 1. The number of hydrogen-bond donors (Lipinski definition) is 1. The van der Waals surface area contributed by atoms with E-state index in [0.717, 1.165) is 45.6 Å². The van der Waals surface area contributed by atoms with E-state index in [1.807, 2.05) is 0 Å². The smallest absolute Gasteiger partial charge is 0.0721 e. The third kappa shape index (κ3) is 3.94. The van der Waals surface area contributed by atoms with Crippen LogP contribution in [0.3, 0.4) is 0 Å². The second-order valence-electron chi connectivity index (χ2n) is 5.32. The second-order valence-corrected chi connectivity index (χ2v) is 5.32. The van der Waals surface area contributed by atoms with Crippen LogP contribution in [0.1, 0.15) is 52.9 Å². The number of ether oxygens (including phenoxy) is 1. The van der Waals surface area contributed by atoms with E-state index in [0.29, 0.717) is 0 Å². The summed E-state index contributed by atoms with van der Waals surface area (Å²) in [5.74, 6) is 0. The Morgan fingerprint density at radius 1 is 1.24 bits per heavy atom. The van der Waals surface area contributed by atoms with Crippen LogP contribution in [0, 0.1) is 0 Å². The number of hydrogen-bond acceptors (Lipinski definition) is 3. The fourth-order valence-electron chi connectivity index (χ4n) is 2.64. The Bertz CT molecular complexity index is 204. The van der Waals surface area contributed by atoms with E-state index in [1.54, 1.807) is 0 Å². The van der Waals surface area contributed by atoms with E-state index in [2.05, 4.69) is 25.7 Å². The Morgan fingerprint density at radius 2 is 1.88 bits per heavy atom. The van der Waals surface area contributed by atoms with Crippen molar-refractivity contribution < 1.29 is 9.84 Å². The summed E-state index contributed by atoms with van der Waals surface area (Å²) >= 11 is 0. The molecule has 1 N–H and O–H groups in total. The van der Waals surface area contributed by atoms with Crippen LogP contribution in [0.4, 0.5) is 0 Å². The summed E-state index contributed by atoms with van der Waals surface area (Å²) in [4.78, 5) is 2.41. The van der Waals surface area contributed by atoms with E-state index < -0.39 is 0 Å². The predicted octanol–water partition coefficient (Wildman–Crippen LogP) is 2.43. The summed E-state index contributed by atoms with van der Waals surface area (Å²) in [6, 6.07) is 0. The summed E-state index contributed by atoms with van der Waals surface area (Å²) in [5.41, 5.74) is -0.0719. The zero-order valence-electron chi connectivity index (χ0n) is 11.7. The molecule has 0 saturated carbocycles. The van der Waals surface area contributed by atoms with Crippen LogP contribution in [0.25, 0.3) is 0 Å². The van der Waals surface area contributed by atoms with Gasteiger partial charge in [0.2, 0.25) is 0 Å². The minimum absolute atomic E-state index is 0.0719. The van der Waals surface area contributed by atoms with E-state index in [4.69, 9.17) is 4.74 Å². The van der Waals surface area contributed by atoms with Gasteiger partial charge in [0.05, 0.1) is 19.3 Å². The van der Waals surface area contributed by atoms with Crippen LogP contribution >= 0.6 is 0 Å². The Morgan fingerprint density at radius 3 is 2.41 bits per heavy atom. The van der Waals surface area contributed by atoms with Crippen molar-refractivity contribution in [1.29, 1.82) is 0 Å². The maximum atomic E-state index is 10.5. The van der Waals surface area contributed by atoms with Crippen molar-refractivity contribution in [3.05, 3.63) is 0 Å². The van der Waals surface area contributed by atoms with Gasteiger partial charge in [-0.1, -0.05) is 33.1 Å². The van der Waals surface area contributed by atoms with E-state index in [1.165, 1.54) is 12.8 Å². The Balaban J connectivity index is 2.52. The lowest BCUT2D eigenvalue weighted by Gasteiger charge is -2.46. The van der Waals surface area contributed by atoms with Crippen LogP contribution in [0.5, 0.6) is 0 Å². The average Bonchev–Trinajstić information content (AvgIpc) is 2.39. The van der Waals surface area contributed by atoms with Crippen molar-refractivity contribution in [3.63, 3.8) is 0 Å². The fraction of sp³-hybridized carbons (Fsp3) is 1.00. The predicted molar refractivity (Wildman–Crippen MR) is 71.2 cm³/mol. The molecule has 0 bridgehead atoms. The standard InChI is InChI=1S/C14H29NO2/c1-4-6-7-8-13(16)14(3,5-2)15-9-11-17-12-10-15/h13,16H,4-12H2,1-3H3. The quantitative estimate of drug-likeness (QED) is 0.697. The van der Waals surface area contributed by atoms with Crippen molar-refractivity contribution >= 4 is 0 Å². The molecule has 1 heterocycles. The highest BCUT2D eigenvalue weighted by molar-refractivity contribution is 4.92. The highest BCUT2D eigenvalue weighted by Gasteiger charge is 2.37. The summed E-state index contributed by atoms with van der Waals surface area (Å²) in [5, 5.41) is 10.5. The molecule has 0 aliphatic carbocycles. The summed E-state index contributed by atoms with van der Waals surface area (Å²) in [6.07, 6.45) is 5.29. The molecule has 1 aliphatic heterocycles. The molecule has 0 amide bonds. The summed E-state index contributed by atoms with van der Waals surface area (Å²) < 4.78 is 5.39. The van der Waals surface area contributed by atoms with E-state index >= 15 is 0 Å². The van der Waals surface area contributed by atoms with E-state index in [9.17, 15) is 5.11 Å². The maximum absolute atomic E-state index is 10.5. The lowest BCUT2D eigenvalue weighted by Crippen LogP contribution is -2.57. The molecule has 3 heteroatoms. The van der Waals surface area contributed by atoms with Crippen molar-refractivity contribution in [1.82, 2.24) is 4.90 Å². The molecule has 1 saturated heterocycles. The van der Waals surface area contributed by atoms with Gasteiger partial charge in [-0.25, -0.2) is 0 Å². The lowest BCUT2D eigenvalue weighted by molar-refractivity contribution is -0.0745. The molecule has 2 atom stereocenters. The van der Waals surface area contributed by atoms with Gasteiger partial charge in [-0.2, -0.15) is 0 Å². The Labute approximate surface area is 106 Å². The van der Waals surface area contributed by atoms with Crippen molar-refractivity contribution in [2.75, 3.05) is 26.3 Å². The fourth-order valence-corrected chi connectivity index (χ4v) is 2.64. The molecule has 1 rings (SSSR count). The third-order valence-electron chi connectivity index (χ3n) is 4.25. The molecule has 1 fully saturated rings. The molecule has 2 unspecified atom stereocenters. The molecule has 102 valence electrons. The minimum Gasteiger partial charge on any atom is -0.391 e. The number of aliphatic hydroxyl groups excluding tert-OH is 1. The van der Waals surface area contributed by atoms with Crippen LogP contribution in [0.2, 0.25) is 0 Å². The van der Waals surface area contributed by atoms with Gasteiger partial charge in [0.15, 0.2) is 0 Å².